The third-order valence-electron chi connectivity index (χ3n) is 6.59. The van der Waals surface area contributed by atoms with E-state index in [-0.39, 0.29) is 16.2 Å². The van der Waals surface area contributed by atoms with Crippen LogP contribution in [0.2, 0.25) is 0 Å². The summed E-state index contributed by atoms with van der Waals surface area (Å²) in [6.07, 6.45) is 0. The lowest BCUT2D eigenvalue weighted by molar-refractivity contribution is -0.140. The van der Waals surface area contributed by atoms with Crippen molar-refractivity contribution >= 4 is 39.4 Å². The number of fused-ring (bicyclic) bond motifs is 3. The summed E-state index contributed by atoms with van der Waals surface area (Å²) < 4.78 is 40.5. The number of sulfonamides is 1. The Morgan fingerprint density at radius 3 is 2.00 bits per heavy atom. The molecule has 0 aromatic heterocycles. The smallest absolute Gasteiger partial charge is 0.355 e. The van der Waals surface area contributed by atoms with E-state index in [2.05, 4.69) is 0 Å². The molecule has 0 aliphatic carbocycles. The van der Waals surface area contributed by atoms with Crippen LogP contribution in [0.5, 0.6) is 0 Å². The van der Waals surface area contributed by atoms with Gasteiger partial charge in [0.2, 0.25) is 10.0 Å². The normalized spacial score (nSPS) is 19.1. The van der Waals surface area contributed by atoms with Gasteiger partial charge in [0, 0.05) is 4.90 Å². The maximum Gasteiger partial charge on any atom is 0.355 e. The van der Waals surface area contributed by atoms with E-state index in [0.29, 0.717) is 11.3 Å². The van der Waals surface area contributed by atoms with Gasteiger partial charge in [-0.05, 0) is 43.7 Å². The number of nitrogens with zero attached hydrogens (tertiary/aromatic N) is 2. The van der Waals surface area contributed by atoms with Crippen LogP contribution >= 0.6 is 11.8 Å². The average molecular weight is 551 g/mol. The van der Waals surface area contributed by atoms with E-state index in [4.69, 9.17) is 9.47 Å². The van der Waals surface area contributed by atoms with Crippen molar-refractivity contribution in [2.45, 2.75) is 35.2 Å². The Labute approximate surface area is 225 Å². The summed E-state index contributed by atoms with van der Waals surface area (Å²) in [6, 6.07) is 19.8. The monoisotopic (exact) mass is 550 g/mol. The number of ether oxygens (including phenoxy) is 2. The second kappa shape index (κ2) is 9.94. The molecule has 5 rings (SSSR count). The number of carbonyl (C=O) groups excluding carboxylic acids is 2. The van der Waals surface area contributed by atoms with Crippen molar-refractivity contribution in [1.29, 1.82) is 0 Å². The fourth-order valence-electron chi connectivity index (χ4n) is 4.73. The van der Waals surface area contributed by atoms with Gasteiger partial charge in [-0.1, -0.05) is 71.4 Å². The highest BCUT2D eigenvalue weighted by atomic mass is 32.2. The topological polar surface area (TPSA) is 93.2 Å². The van der Waals surface area contributed by atoms with Crippen molar-refractivity contribution in [3.8, 4) is 0 Å². The summed E-state index contributed by atoms with van der Waals surface area (Å²) in [6.45, 7) is 3.78. The number of esters is 2. The number of hydrogen-bond acceptors (Lipinski definition) is 8. The molecule has 3 aromatic carbocycles. The summed E-state index contributed by atoms with van der Waals surface area (Å²) >= 11 is 1.29. The summed E-state index contributed by atoms with van der Waals surface area (Å²) in [5, 5.41) is 0. The van der Waals surface area contributed by atoms with E-state index < -0.39 is 33.5 Å². The second-order valence-corrected chi connectivity index (χ2v) is 11.9. The van der Waals surface area contributed by atoms with Gasteiger partial charge >= 0.3 is 11.9 Å². The van der Waals surface area contributed by atoms with Crippen molar-refractivity contribution in [2.24, 2.45) is 0 Å². The molecule has 2 heterocycles. The predicted octanol–water partition coefficient (Wildman–Crippen LogP) is 4.55. The number of hydrogen-bond donors (Lipinski definition) is 0. The van der Waals surface area contributed by atoms with Gasteiger partial charge in [-0.15, -0.1) is 0 Å². The first-order valence-corrected chi connectivity index (χ1v) is 14.1. The number of aryl methyl sites for hydroxylation is 2. The maximum atomic E-state index is 14.4. The van der Waals surface area contributed by atoms with Crippen LogP contribution in [0.3, 0.4) is 0 Å². The third kappa shape index (κ3) is 4.18. The van der Waals surface area contributed by atoms with Crippen LogP contribution in [-0.4, -0.2) is 44.4 Å². The summed E-state index contributed by atoms with van der Waals surface area (Å²) in [5.74, 6) is -1.59. The lowest BCUT2D eigenvalue weighted by Crippen LogP contribution is -2.55. The van der Waals surface area contributed by atoms with Gasteiger partial charge in [-0.25, -0.2) is 18.0 Å². The molecular formula is C28H26N2O6S2. The molecule has 0 radical (unpaired) electrons. The lowest BCUT2D eigenvalue weighted by Gasteiger charge is -2.45. The number of carbonyl (C=O) groups is 2. The highest BCUT2D eigenvalue weighted by Gasteiger charge is 2.55. The van der Waals surface area contributed by atoms with E-state index in [1.165, 1.54) is 30.3 Å². The zero-order chi connectivity index (χ0) is 27.2. The number of para-hydroxylation sites is 1. The minimum absolute atomic E-state index is 0.0530. The number of benzene rings is 3. The van der Waals surface area contributed by atoms with Gasteiger partial charge in [0.25, 0.3) is 0 Å². The quantitative estimate of drug-likeness (QED) is 0.428. The number of anilines is 1. The maximum absolute atomic E-state index is 14.4. The SMILES string of the molecule is COC(=O)C1=C(C(=O)OC)N2c3ccccc3S[C@@H]2N(S(=O)(=O)c2ccc(C)cc2)[C@@H]1c1ccc(C)cc1. The number of rotatable bonds is 5. The molecule has 0 N–H and O–H groups in total. The summed E-state index contributed by atoms with van der Waals surface area (Å²) in [7, 11) is -1.78. The number of thioether (sulfide) groups is 1. The zero-order valence-corrected chi connectivity index (χ0v) is 22.9. The Hall–Kier alpha value is -3.60. The van der Waals surface area contributed by atoms with E-state index in [1.54, 1.807) is 53.4 Å². The highest BCUT2D eigenvalue weighted by molar-refractivity contribution is 8.01. The van der Waals surface area contributed by atoms with Crippen LogP contribution in [0.25, 0.3) is 0 Å². The van der Waals surface area contributed by atoms with Gasteiger partial charge in [0.05, 0.1) is 36.4 Å². The molecule has 0 saturated heterocycles. The van der Waals surface area contributed by atoms with Crippen molar-refractivity contribution in [2.75, 3.05) is 19.1 Å². The molecule has 3 aromatic rings. The number of methoxy groups -OCH3 is 2. The van der Waals surface area contributed by atoms with E-state index in [0.717, 1.165) is 16.0 Å². The van der Waals surface area contributed by atoms with Crippen LogP contribution in [-0.2, 0) is 29.1 Å². The van der Waals surface area contributed by atoms with Crippen LogP contribution in [0.4, 0.5) is 5.69 Å². The Kier molecular flexibility index (Phi) is 6.81. The molecule has 2 aliphatic rings. The fourth-order valence-corrected chi connectivity index (χ4v) is 7.98. The van der Waals surface area contributed by atoms with Crippen molar-refractivity contribution in [3.63, 3.8) is 0 Å². The Morgan fingerprint density at radius 1 is 0.816 bits per heavy atom. The predicted molar refractivity (Wildman–Crippen MR) is 144 cm³/mol. The van der Waals surface area contributed by atoms with Crippen LogP contribution in [0.15, 0.2) is 93.9 Å². The fraction of sp³-hybridized carbons (Fsp3) is 0.214. The van der Waals surface area contributed by atoms with Crippen LogP contribution in [0, 0.1) is 13.8 Å². The molecule has 0 bridgehead atoms. The Morgan fingerprint density at radius 2 is 1.39 bits per heavy atom. The standard InChI is InChI=1S/C28H26N2O6S2/c1-17-9-13-19(14-10-17)24-23(26(31)35-3)25(27(32)36-4)29-21-7-5-6-8-22(21)37-28(29)30(24)38(33,34)20-15-11-18(2)12-16-20/h5-16,24,28H,1-4H3/t24-,28+/m1/s1. The molecule has 0 unspecified atom stereocenters. The highest BCUT2D eigenvalue weighted by Crippen LogP contribution is 2.55. The van der Waals surface area contributed by atoms with Gasteiger partial charge in [-0.3, -0.25) is 0 Å². The first kappa shape index (κ1) is 26.0. The molecule has 2 atom stereocenters. The van der Waals surface area contributed by atoms with Crippen molar-refractivity contribution < 1.29 is 27.5 Å². The molecule has 0 fully saturated rings. The molecule has 38 heavy (non-hydrogen) atoms. The minimum Gasteiger partial charge on any atom is -0.466 e. The second-order valence-electron chi connectivity index (χ2n) is 8.99. The van der Waals surface area contributed by atoms with Gasteiger partial charge in [0.1, 0.15) is 5.70 Å². The molecule has 0 spiro atoms. The Balaban J connectivity index is 1.87. The van der Waals surface area contributed by atoms with Crippen LogP contribution in [0.1, 0.15) is 22.7 Å². The summed E-state index contributed by atoms with van der Waals surface area (Å²) in [4.78, 5) is 29.2. The molecule has 0 saturated carbocycles. The molecule has 0 amide bonds. The molecule has 196 valence electrons. The van der Waals surface area contributed by atoms with E-state index in [1.807, 2.05) is 38.1 Å². The van der Waals surface area contributed by atoms with Crippen molar-refractivity contribution in [1.82, 2.24) is 4.31 Å². The first-order chi connectivity index (χ1) is 18.2. The Bertz CT molecular complexity index is 1550. The van der Waals surface area contributed by atoms with E-state index >= 15 is 0 Å². The van der Waals surface area contributed by atoms with Crippen LogP contribution < -0.4 is 4.90 Å². The lowest BCUT2D eigenvalue weighted by atomic mass is 9.93. The van der Waals surface area contributed by atoms with Gasteiger partial charge in [0.15, 0.2) is 5.50 Å². The molecule has 2 aliphatic heterocycles. The van der Waals surface area contributed by atoms with Gasteiger partial charge in [-0.2, -0.15) is 4.31 Å². The largest absolute Gasteiger partial charge is 0.466 e. The molecule has 10 heteroatoms. The van der Waals surface area contributed by atoms with E-state index in [9.17, 15) is 18.0 Å². The molecule has 8 nitrogen and oxygen atoms in total. The third-order valence-corrected chi connectivity index (χ3v) is 9.81. The molecular weight excluding hydrogens is 524 g/mol. The zero-order valence-electron chi connectivity index (χ0n) is 21.2. The van der Waals surface area contributed by atoms with Crippen molar-refractivity contribution in [3.05, 3.63) is 101 Å². The average Bonchev–Trinajstić information content (AvgIpc) is 3.30. The minimum atomic E-state index is -4.21. The van der Waals surface area contributed by atoms with Gasteiger partial charge < -0.3 is 14.4 Å². The summed E-state index contributed by atoms with van der Waals surface area (Å²) in [5.41, 5.74) is 1.89. The first-order valence-electron chi connectivity index (χ1n) is 11.8.